The van der Waals surface area contributed by atoms with Crippen molar-refractivity contribution < 1.29 is 9.84 Å². The number of nitrogens with zero attached hydrogens (tertiary/aromatic N) is 1. The van der Waals surface area contributed by atoms with Crippen molar-refractivity contribution in [2.24, 2.45) is 17.8 Å². The highest BCUT2D eigenvalue weighted by Gasteiger charge is 2.58. The maximum absolute atomic E-state index is 11.9. The molecule has 2 aromatic carbocycles. The average molecular weight is 337 g/mol. The molecule has 3 aliphatic rings. The van der Waals surface area contributed by atoms with Gasteiger partial charge in [-0.2, -0.15) is 0 Å². The van der Waals surface area contributed by atoms with Gasteiger partial charge < -0.3 is 9.84 Å². The Hall–Kier alpha value is -1.42. The van der Waals surface area contributed by atoms with Crippen LogP contribution >= 0.6 is 0 Å². The van der Waals surface area contributed by atoms with E-state index < -0.39 is 5.60 Å². The van der Waals surface area contributed by atoms with Crippen molar-refractivity contribution >= 4 is 10.8 Å². The minimum atomic E-state index is -0.661. The lowest BCUT2D eigenvalue weighted by atomic mass is 9.71. The molecule has 25 heavy (non-hydrogen) atoms. The lowest BCUT2D eigenvalue weighted by molar-refractivity contribution is -0.0837. The summed E-state index contributed by atoms with van der Waals surface area (Å²) in [5, 5.41) is 14.4. The molecule has 0 radical (unpaired) electrons. The standard InChI is InChI=1S/C22H27NO2/c24-22(19-7-5-16-3-1-2-4-17(16)13-19)20-8-6-18(14-20)21(22)15-23-9-11-25-12-10-23/h1-5,7,13,18,20-21,24H,6,8-12,14-15H2. The van der Waals surface area contributed by atoms with Crippen LogP contribution < -0.4 is 0 Å². The van der Waals surface area contributed by atoms with E-state index in [1.807, 2.05) is 0 Å². The topological polar surface area (TPSA) is 32.7 Å². The second-order valence-corrected chi connectivity index (χ2v) is 8.18. The highest BCUT2D eigenvalue weighted by atomic mass is 16.5. The molecule has 3 fully saturated rings. The Kier molecular flexibility index (Phi) is 3.85. The predicted molar refractivity (Wildman–Crippen MR) is 99.4 cm³/mol. The molecule has 132 valence electrons. The zero-order chi connectivity index (χ0) is 16.9. The Bertz CT molecular complexity index is 769. The molecule has 2 bridgehead atoms. The quantitative estimate of drug-likeness (QED) is 0.932. The van der Waals surface area contributed by atoms with Gasteiger partial charge in [-0.1, -0.05) is 36.4 Å². The van der Waals surface area contributed by atoms with Crippen LogP contribution in [0.5, 0.6) is 0 Å². The first-order valence-corrected chi connectivity index (χ1v) is 9.77. The Morgan fingerprint density at radius 3 is 2.68 bits per heavy atom. The zero-order valence-electron chi connectivity index (χ0n) is 14.7. The number of fused-ring (bicyclic) bond motifs is 3. The van der Waals surface area contributed by atoms with Gasteiger partial charge in [0.1, 0.15) is 0 Å². The van der Waals surface area contributed by atoms with Gasteiger partial charge in [-0.15, -0.1) is 0 Å². The third-order valence-electron chi connectivity index (χ3n) is 7.00. The number of hydrogen-bond acceptors (Lipinski definition) is 3. The van der Waals surface area contributed by atoms with Gasteiger partial charge in [0.05, 0.1) is 18.8 Å². The van der Waals surface area contributed by atoms with E-state index in [-0.39, 0.29) is 0 Å². The van der Waals surface area contributed by atoms with E-state index in [2.05, 4.69) is 47.4 Å². The van der Waals surface area contributed by atoms with Gasteiger partial charge in [0.25, 0.3) is 0 Å². The molecule has 1 saturated heterocycles. The molecular weight excluding hydrogens is 310 g/mol. The van der Waals surface area contributed by atoms with Crippen molar-refractivity contribution in [3.63, 3.8) is 0 Å². The van der Waals surface area contributed by atoms with E-state index in [0.29, 0.717) is 17.8 Å². The second-order valence-electron chi connectivity index (χ2n) is 8.18. The van der Waals surface area contributed by atoms with Crippen LogP contribution in [0, 0.1) is 17.8 Å². The second kappa shape index (κ2) is 6.08. The maximum atomic E-state index is 11.9. The van der Waals surface area contributed by atoms with E-state index in [1.165, 1.54) is 30.0 Å². The summed E-state index contributed by atoms with van der Waals surface area (Å²) in [7, 11) is 0. The van der Waals surface area contributed by atoms with Crippen LogP contribution in [0.3, 0.4) is 0 Å². The molecule has 0 aromatic heterocycles. The fourth-order valence-corrected chi connectivity index (χ4v) is 5.68. The minimum Gasteiger partial charge on any atom is -0.385 e. The van der Waals surface area contributed by atoms with Gasteiger partial charge >= 0.3 is 0 Å². The van der Waals surface area contributed by atoms with E-state index in [9.17, 15) is 5.11 Å². The molecule has 1 heterocycles. The van der Waals surface area contributed by atoms with E-state index in [4.69, 9.17) is 4.74 Å². The first-order chi connectivity index (χ1) is 12.2. The molecule has 4 unspecified atom stereocenters. The molecule has 3 nitrogen and oxygen atoms in total. The molecule has 2 saturated carbocycles. The lowest BCUT2D eigenvalue weighted by Crippen LogP contribution is -2.48. The van der Waals surface area contributed by atoms with Crippen molar-refractivity contribution in [2.75, 3.05) is 32.8 Å². The van der Waals surface area contributed by atoms with Crippen molar-refractivity contribution in [2.45, 2.75) is 24.9 Å². The van der Waals surface area contributed by atoms with Crippen LogP contribution in [-0.2, 0) is 10.3 Å². The summed E-state index contributed by atoms with van der Waals surface area (Å²) >= 11 is 0. The number of aliphatic hydroxyl groups is 1. The summed E-state index contributed by atoms with van der Waals surface area (Å²) in [5.41, 5.74) is 0.474. The molecule has 4 atom stereocenters. The average Bonchev–Trinajstić information content (AvgIpc) is 3.24. The zero-order valence-corrected chi connectivity index (χ0v) is 14.7. The fourth-order valence-electron chi connectivity index (χ4n) is 5.68. The Balaban J connectivity index is 1.51. The Morgan fingerprint density at radius 2 is 1.84 bits per heavy atom. The van der Waals surface area contributed by atoms with Crippen LogP contribution in [-0.4, -0.2) is 42.9 Å². The Labute approximate surface area is 149 Å². The fraction of sp³-hybridized carbons (Fsp3) is 0.545. The summed E-state index contributed by atoms with van der Waals surface area (Å²) in [6, 6.07) is 15.1. The summed E-state index contributed by atoms with van der Waals surface area (Å²) in [6.45, 7) is 4.67. The van der Waals surface area contributed by atoms with Crippen molar-refractivity contribution in [1.82, 2.24) is 4.90 Å². The predicted octanol–water partition coefficient (Wildman–Crippen LogP) is 3.41. The maximum Gasteiger partial charge on any atom is 0.0967 e. The van der Waals surface area contributed by atoms with Crippen LogP contribution in [0.25, 0.3) is 10.8 Å². The third kappa shape index (κ3) is 2.52. The molecule has 1 N–H and O–H groups in total. The third-order valence-corrected chi connectivity index (χ3v) is 7.00. The van der Waals surface area contributed by atoms with Crippen LogP contribution in [0.1, 0.15) is 24.8 Å². The van der Waals surface area contributed by atoms with Crippen molar-refractivity contribution in [3.8, 4) is 0 Å². The molecule has 0 amide bonds. The van der Waals surface area contributed by atoms with Crippen LogP contribution in [0.4, 0.5) is 0 Å². The molecule has 2 aromatic rings. The van der Waals surface area contributed by atoms with E-state index >= 15 is 0 Å². The number of hydrogen-bond donors (Lipinski definition) is 1. The smallest absolute Gasteiger partial charge is 0.0967 e. The van der Waals surface area contributed by atoms with Gasteiger partial charge in [0.2, 0.25) is 0 Å². The largest absolute Gasteiger partial charge is 0.385 e. The van der Waals surface area contributed by atoms with E-state index in [0.717, 1.165) is 38.4 Å². The van der Waals surface area contributed by atoms with E-state index in [1.54, 1.807) is 0 Å². The summed E-state index contributed by atoms with van der Waals surface area (Å²) in [5.74, 6) is 1.44. The van der Waals surface area contributed by atoms with Crippen LogP contribution in [0.15, 0.2) is 42.5 Å². The molecule has 1 aliphatic heterocycles. The summed E-state index contributed by atoms with van der Waals surface area (Å²) in [6.07, 6.45) is 3.65. The number of benzene rings is 2. The van der Waals surface area contributed by atoms with Gasteiger partial charge in [-0.25, -0.2) is 0 Å². The summed E-state index contributed by atoms with van der Waals surface area (Å²) < 4.78 is 5.51. The van der Waals surface area contributed by atoms with Gasteiger partial charge in [0, 0.05) is 25.6 Å². The number of rotatable bonds is 3. The minimum absolute atomic E-state index is 0.352. The number of morpholine rings is 1. The monoisotopic (exact) mass is 337 g/mol. The first-order valence-electron chi connectivity index (χ1n) is 9.77. The van der Waals surface area contributed by atoms with Crippen molar-refractivity contribution in [1.29, 1.82) is 0 Å². The SMILES string of the molecule is OC1(c2ccc3ccccc3c2)C2CCC(C2)C1CN1CCOCC1. The Morgan fingerprint density at radius 1 is 1.04 bits per heavy atom. The molecular formula is C22H27NO2. The molecule has 2 aliphatic carbocycles. The molecule has 5 rings (SSSR count). The molecule has 0 spiro atoms. The lowest BCUT2D eigenvalue weighted by Gasteiger charge is -2.43. The molecule has 3 heteroatoms. The van der Waals surface area contributed by atoms with Gasteiger partial charge in [-0.3, -0.25) is 4.90 Å². The highest BCUT2D eigenvalue weighted by Crippen LogP contribution is 2.59. The van der Waals surface area contributed by atoms with Gasteiger partial charge in [-0.05, 0) is 53.5 Å². The summed E-state index contributed by atoms with van der Waals surface area (Å²) in [4.78, 5) is 2.50. The number of ether oxygens (including phenoxy) is 1. The van der Waals surface area contributed by atoms with Crippen molar-refractivity contribution in [3.05, 3.63) is 48.0 Å². The normalized spacial score (nSPS) is 35.5. The van der Waals surface area contributed by atoms with Crippen LogP contribution in [0.2, 0.25) is 0 Å². The highest BCUT2D eigenvalue weighted by molar-refractivity contribution is 5.83. The van der Waals surface area contributed by atoms with Gasteiger partial charge in [0.15, 0.2) is 0 Å². The first kappa shape index (κ1) is 15.8.